The summed E-state index contributed by atoms with van der Waals surface area (Å²) in [5.74, 6) is 6.65. The summed E-state index contributed by atoms with van der Waals surface area (Å²) in [6.45, 7) is 2.50. The van der Waals surface area contributed by atoms with Crippen LogP contribution in [0.2, 0.25) is 0 Å². The van der Waals surface area contributed by atoms with Gasteiger partial charge in [0.25, 0.3) is 0 Å². The van der Waals surface area contributed by atoms with Gasteiger partial charge in [-0.25, -0.2) is 4.79 Å². The molecule has 1 aliphatic carbocycles. The minimum atomic E-state index is -0.961. The Morgan fingerprint density at radius 3 is 2.70 bits per heavy atom. The molecule has 0 radical (unpaired) electrons. The summed E-state index contributed by atoms with van der Waals surface area (Å²) in [4.78, 5) is 11.2. The summed E-state index contributed by atoms with van der Waals surface area (Å²) in [5.41, 5.74) is 0.190. The number of methoxy groups -OCH3 is 2. The lowest BCUT2D eigenvalue weighted by Crippen LogP contribution is -2.29. The smallest absolute Gasteiger partial charge is 0.333 e. The van der Waals surface area contributed by atoms with Gasteiger partial charge in [0, 0.05) is 26.6 Å². The molecule has 2 rings (SSSR count). The highest BCUT2D eigenvalue weighted by Gasteiger charge is 2.28. The molecule has 1 unspecified atom stereocenters. The van der Waals surface area contributed by atoms with Gasteiger partial charge in [-0.05, 0) is 48.9 Å². The molecule has 1 aromatic carbocycles. The average molecular weight is 412 g/mol. The molecule has 0 heterocycles. The number of ether oxygens (including phenoxy) is 4. The molecule has 0 fully saturated rings. The van der Waals surface area contributed by atoms with Crippen LogP contribution in [-0.2, 0) is 25.4 Å². The van der Waals surface area contributed by atoms with Gasteiger partial charge in [0.15, 0.2) is 11.7 Å². The lowest BCUT2D eigenvalue weighted by molar-refractivity contribution is -0.149. The van der Waals surface area contributed by atoms with E-state index in [9.17, 15) is 4.79 Å². The van der Waals surface area contributed by atoms with Crippen molar-refractivity contribution in [2.75, 3.05) is 27.4 Å². The van der Waals surface area contributed by atoms with Crippen LogP contribution in [0, 0.1) is 11.8 Å². The van der Waals surface area contributed by atoms with Gasteiger partial charge in [0.2, 0.25) is 0 Å². The van der Waals surface area contributed by atoms with Gasteiger partial charge < -0.3 is 24.1 Å². The highest BCUT2D eigenvalue weighted by molar-refractivity contribution is 5.72. The van der Waals surface area contributed by atoms with E-state index in [0.717, 1.165) is 11.3 Å². The summed E-state index contributed by atoms with van der Waals surface area (Å²) < 4.78 is 21.7. The minimum absolute atomic E-state index is 0.314. The second kappa shape index (κ2) is 11.9. The summed E-state index contributed by atoms with van der Waals surface area (Å²) in [6, 6.07) is 7.30. The molecule has 0 bridgehead atoms. The maximum atomic E-state index is 11.2. The van der Waals surface area contributed by atoms with Gasteiger partial charge in [0.05, 0.1) is 12.9 Å². The Hall–Kier alpha value is -3.01. The first-order chi connectivity index (χ1) is 14.5. The third kappa shape index (κ3) is 7.11. The Labute approximate surface area is 177 Å². The number of rotatable bonds is 10. The monoisotopic (exact) mass is 412 g/mol. The number of carbonyl (C=O) groups is 1. The molecule has 2 atom stereocenters. The third-order valence-corrected chi connectivity index (χ3v) is 4.53. The van der Waals surface area contributed by atoms with E-state index in [1.54, 1.807) is 27.2 Å². The van der Waals surface area contributed by atoms with E-state index in [4.69, 9.17) is 24.1 Å². The van der Waals surface area contributed by atoms with E-state index in [1.165, 1.54) is 0 Å². The second-order valence-corrected chi connectivity index (χ2v) is 6.58. The van der Waals surface area contributed by atoms with Crippen LogP contribution in [0.3, 0.4) is 0 Å². The van der Waals surface area contributed by atoms with Crippen molar-refractivity contribution >= 4 is 5.97 Å². The van der Waals surface area contributed by atoms with Crippen molar-refractivity contribution < 1.29 is 28.8 Å². The van der Waals surface area contributed by atoms with E-state index in [-0.39, 0.29) is 0 Å². The minimum Gasteiger partial charge on any atom is -0.501 e. The fraction of sp³-hybridized carbons (Fsp3) is 0.375. The van der Waals surface area contributed by atoms with E-state index in [0.29, 0.717) is 31.8 Å². The Morgan fingerprint density at radius 2 is 2.07 bits per heavy atom. The van der Waals surface area contributed by atoms with Crippen LogP contribution in [0.5, 0.6) is 5.75 Å². The van der Waals surface area contributed by atoms with E-state index < -0.39 is 17.7 Å². The molecular weight excluding hydrogens is 384 g/mol. The first-order valence-corrected chi connectivity index (χ1v) is 9.73. The molecule has 1 N–H and O–H groups in total. The van der Waals surface area contributed by atoms with Crippen LogP contribution in [0.15, 0.2) is 60.4 Å². The van der Waals surface area contributed by atoms with Crippen LogP contribution in [0.1, 0.15) is 18.9 Å². The van der Waals surface area contributed by atoms with Crippen LogP contribution in [0.25, 0.3) is 0 Å². The van der Waals surface area contributed by atoms with Crippen molar-refractivity contribution in [1.82, 2.24) is 0 Å². The van der Waals surface area contributed by atoms with Crippen LogP contribution >= 0.6 is 0 Å². The normalized spacial score (nSPS) is 19.0. The third-order valence-electron chi connectivity index (χ3n) is 4.53. The molecule has 0 saturated heterocycles. The quantitative estimate of drug-likeness (QED) is 0.593. The van der Waals surface area contributed by atoms with E-state index in [1.807, 2.05) is 48.6 Å². The lowest BCUT2D eigenvalue weighted by Gasteiger charge is -2.26. The second-order valence-electron chi connectivity index (χ2n) is 6.58. The number of hydrogen-bond acceptors (Lipinski definition) is 5. The Bertz CT molecular complexity index is 841. The van der Waals surface area contributed by atoms with Crippen molar-refractivity contribution in [1.29, 1.82) is 0 Å². The first kappa shape index (κ1) is 23.3. The first-order valence-electron chi connectivity index (χ1n) is 9.73. The molecule has 1 aromatic rings. The average Bonchev–Trinajstić information content (AvgIpc) is 2.77. The fourth-order valence-electron chi connectivity index (χ4n) is 2.87. The van der Waals surface area contributed by atoms with Crippen molar-refractivity contribution in [2.45, 2.75) is 31.5 Å². The number of carboxylic acids is 1. The number of aliphatic carboxylic acids is 1. The molecule has 6 heteroatoms. The molecule has 1 aliphatic rings. The standard InChI is InChI=1S/C24H28O6/c1-4-29-22(23(25)26)17-19-10-12-20(13-11-19)30-16-7-5-6-14-24(28-3)15-8-9-21(18-24)27-2/h5,7-13,15,22H,4,16-18H2,1-3H3,(H,25,26)/b7-5+/t22-,24?/m0/s1. The van der Waals surface area contributed by atoms with Crippen molar-refractivity contribution in [3.8, 4) is 17.6 Å². The highest BCUT2D eigenvalue weighted by Crippen LogP contribution is 2.26. The van der Waals surface area contributed by atoms with Gasteiger partial charge in [-0.3, -0.25) is 0 Å². The zero-order valence-electron chi connectivity index (χ0n) is 17.6. The maximum Gasteiger partial charge on any atom is 0.333 e. The van der Waals surface area contributed by atoms with Crippen molar-refractivity contribution in [3.63, 3.8) is 0 Å². The maximum absolute atomic E-state index is 11.2. The zero-order valence-corrected chi connectivity index (χ0v) is 17.6. The number of carboxylic acid groups (broad SMARTS) is 1. The topological polar surface area (TPSA) is 74.2 Å². The number of allylic oxidation sites excluding steroid dienone is 3. The predicted octanol–water partition coefficient (Wildman–Crippen LogP) is 3.53. The van der Waals surface area contributed by atoms with Crippen molar-refractivity contribution in [2.24, 2.45) is 0 Å². The Morgan fingerprint density at radius 1 is 1.30 bits per heavy atom. The predicted molar refractivity (Wildman–Crippen MR) is 114 cm³/mol. The lowest BCUT2D eigenvalue weighted by atomic mass is 9.94. The van der Waals surface area contributed by atoms with Crippen LogP contribution < -0.4 is 4.74 Å². The molecular formula is C24H28O6. The van der Waals surface area contributed by atoms with Crippen LogP contribution in [0.4, 0.5) is 0 Å². The number of hydrogen-bond donors (Lipinski definition) is 1. The Kier molecular flexibility index (Phi) is 9.20. The molecule has 0 amide bonds. The molecule has 30 heavy (non-hydrogen) atoms. The summed E-state index contributed by atoms with van der Waals surface area (Å²) in [6.07, 6.45) is 9.27. The summed E-state index contributed by atoms with van der Waals surface area (Å²) in [5, 5.41) is 9.16. The van der Waals surface area contributed by atoms with Crippen LogP contribution in [-0.4, -0.2) is 50.2 Å². The molecule has 6 nitrogen and oxygen atoms in total. The summed E-state index contributed by atoms with van der Waals surface area (Å²) in [7, 11) is 3.26. The molecule has 160 valence electrons. The fourth-order valence-corrected chi connectivity index (χ4v) is 2.87. The highest BCUT2D eigenvalue weighted by atomic mass is 16.5. The van der Waals surface area contributed by atoms with Gasteiger partial charge >= 0.3 is 5.97 Å². The van der Waals surface area contributed by atoms with Gasteiger partial charge in [-0.2, -0.15) is 0 Å². The summed E-state index contributed by atoms with van der Waals surface area (Å²) >= 11 is 0. The SMILES string of the molecule is CCO[C@@H](Cc1ccc(OC/C=C/C#CC2(OC)C=CC=C(OC)C2)cc1)C(=O)O. The van der Waals surface area contributed by atoms with Gasteiger partial charge in [-0.1, -0.05) is 30.0 Å². The van der Waals surface area contributed by atoms with Crippen molar-refractivity contribution in [3.05, 3.63) is 66.0 Å². The molecule has 0 saturated carbocycles. The Balaban J connectivity index is 1.84. The van der Waals surface area contributed by atoms with E-state index in [2.05, 4.69) is 11.8 Å². The van der Waals surface area contributed by atoms with Gasteiger partial charge in [-0.15, -0.1) is 0 Å². The van der Waals surface area contributed by atoms with Gasteiger partial charge in [0.1, 0.15) is 12.4 Å². The molecule has 0 aromatic heterocycles. The molecule has 0 aliphatic heterocycles. The molecule has 0 spiro atoms. The number of benzene rings is 1. The van der Waals surface area contributed by atoms with E-state index >= 15 is 0 Å². The largest absolute Gasteiger partial charge is 0.501 e. The zero-order chi connectivity index (χ0) is 21.8.